The summed E-state index contributed by atoms with van der Waals surface area (Å²) in [5, 5.41) is 8.79. The number of nitrogens with zero attached hydrogens (tertiary/aromatic N) is 3. The van der Waals surface area contributed by atoms with Crippen molar-refractivity contribution in [1.82, 2.24) is 4.98 Å². The van der Waals surface area contributed by atoms with Crippen LogP contribution in [0, 0.1) is 11.3 Å². The maximum atomic E-state index is 12.3. The predicted molar refractivity (Wildman–Crippen MR) is 77.5 cm³/mol. The summed E-state index contributed by atoms with van der Waals surface area (Å²) in [4.78, 5) is 6.53. The minimum absolute atomic E-state index is 0.117. The number of pyridine rings is 1. The summed E-state index contributed by atoms with van der Waals surface area (Å²) in [5.41, 5.74) is 0.571. The lowest BCUT2D eigenvalue weighted by atomic mass is 10.0. The molecule has 102 valence electrons. The zero-order valence-electron chi connectivity index (χ0n) is 11.4. The molecule has 2 heterocycles. The quantitative estimate of drug-likeness (QED) is 0.849. The summed E-state index contributed by atoms with van der Waals surface area (Å²) in [6, 6.07) is 5.74. The Bertz CT molecular complexity index is 502. The summed E-state index contributed by atoms with van der Waals surface area (Å²) >= 11 is 0. The molecule has 0 bridgehead atoms. The van der Waals surface area contributed by atoms with Crippen LogP contribution in [0.15, 0.2) is 18.3 Å². The first-order valence-electron chi connectivity index (χ1n) is 6.65. The average molecular weight is 277 g/mol. The van der Waals surface area contributed by atoms with Crippen LogP contribution in [0.4, 0.5) is 5.82 Å². The highest BCUT2D eigenvalue weighted by molar-refractivity contribution is 7.86. The molecule has 1 saturated heterocycles. The summed E-state index contributed by atoms with van der Waals surface area (Å²) in [5.74, 6) is 1.57. The minimum atomic E-state index is -0.759. The average Bonchev–Trinajstić information content (AvgIpc) is 2.48. The van der Waals surface area contributed by atoms with Crippen molar-refractivity contribution in [2.75, 3.05) is 23.7 Å². The Kier molecular flexibility index (Phi) is 4.20. The lowest BCUT2D eigenvalue weighted by Crippen LogP contribution is -2.53. The van der Waals surface area contributed by atoms with Crippen LogP contribution in [0.3, 0.4) is 0 Å². The van der Waals surface area contributed by atoms with Gasteiger partial charge in [0.15, 0.2) is 0 Å². The van der Waals surface area contributed by atoms with E-state index >= 15 is 0 Å². The Morgan fingerprint density at radius 2 is 2.21 bits per heavy atom. The molecule has 0 aromatic carbocycles. The van der Waals surface area contributed by atoms with Gasteiger partial charge in [0.2, 0.25) is 0 Å². The standard InChI is InChI=1S/C14H19N3OS/c1-3-14(4-2)11-17(7-8-19(14)18)13-6-5-12(9-15)10-16-13/h5-6,10H,3-4,7-8,11H2,1-2H3. The van der Waals surface area contributed by atoms with Crippen LogP contribution >= 0.6 is 0 Å². The van der Waals surface area contributed by atoms with Gasteiger partial charge in [0.05, 0.1) is 10.3 Å². The molecule has 1 fully saturated rings. The van der Waals surface area contributed by atoms with Crippen molar-refractivity contribution in [2.45, 2.75) is 31.4 Å². The highest BCUT2D eigenvalue weighted by Gasteiger charge is 2.39. The van der Waals surface area contributed by atoms with E-state index in [2.05, 4.69) is 29.8 Å². The molecule has 19 heavy (non-hydrogen) atoms. The van der Waals surface area contributed by atoms with Gasteiger partial charge in [-0.15, -0.1) is 0 Å². The molecule has 0 radical (unpaired) electrons. The molecule has 0 N–H and O–H groups in total. The van der Waals surface area contributed by atoms with E-state index in [0.717, 1.165) is 31.7 Å². The highest BCUT2D eigenvalue weighted by Crippen LogP contribution is 2.30. The van der Waals surface area contributed by atoms with E-state index in [4.69, 9.17) is 5.26 Å². The Morgan fingerprint density at radius 1 is 1.47 bits per heavy atom. The van der Waals surface area contributed by atoms with Crippen molar-refractivity contribution in [3.8, 4) is 6.07 Å². The van der Waals surface area contributed by atoms with Crippen LogP contribution < -0.4 is 4.90 Å². The molecule has 0 aliphatic carbocycles. The highest BCUT2D eigenvalue weighted by atomic mass is 32.2. The number of nitriles is 1. The molecule has 0 amide bonds. The normalized spacial score (nSPS) is 21.9. The first kappa shape index (κ1) is 14.0. The van der Waals surface area contributed by atoms with Gasteiger partial charge in [0.25, 0.3) is 0 Å². The van der Waals surface area contributed by atoms with Crippen LogP contribution in [0.1, 0.15) is 32.3 Å². The van der Waals surface area contributed by atoms with Crippen molar-refractivity contribution in [2.24, 2.45) is 0 Å². The Morgan fingerprint density at radius 3 is 2.74 bits per heavy atom. The number of aromatic nitrogens is 1. The van der Waals surface area contributed by atoms with Gasteiger partial charge in [-0.2, -0.15) is 5.26 Å². The maximum Gasteiger partial charge on any atom is 0.128 e. The largest absolute Gasteiger partial charge is 0.354 e. The summed E-state index contributed by atoms with van der Waals surface area (Å²) in [6.07, 6.45) is 3.44. The number of anilines is 1. The third-order valence-electron chi connectivity index (χ3n) is 4.00. The fourth-order valence-electron chi connectivity index (χ4n) is 2.54. The van der Waals surface area contributed by atoms with Gasteiger partial charge in [-0.3, -0.25) is 4.21 Å². The topological polar surface area (TPSA) is 57.0 Å². The van der Waals surface area contributed by atoms with E-state index in [1.54, 1.807) is 12.3 Å². The maximum absolute atomic E-state index is 12.3. The molecule has 1 aromatic heterocycles. The monoisotopic (exact) mass is 277 g/mol. The van der Waals surface area contributed by atoms with Gasteiger partial charge in [0, 0.05) is 35.8 Å². The van der Waals surface area contributed by atoms with Crippen molar-refractivity contribution < 1.29 is 4.21 Å². The van der Waals surface area contributed by atoms with Crippen molar-refractivity contribution in [3.63, 3.8) is 0 Å². The molecule has 2 rings (SSSR count). The van der Waals surface area contributed by atoms with E-state index < -0.39 is 10.8 Å². The van der Waals surface area contributed by atoms with E-state index in [9.17, 15) is 4.21 Å². The van der Waals surface area contributed by atoms with Crippen LogP contribution in [0.2, 0.25) is 0 Å². The molecule has 1 atom stereocenters. The van der Waals surface area contributed by atoms with Crippen LogP contribution in [-0.2, 0) is 10.8 Å². The van der Waals surface area contributed by atoms with Crippen molar-refractivity contribution >= 4 is 16.6 Å². The first-order valence-corrected chi connectivity index (χ1v) is 7.96. The first-order chi connectivity index (χ1) is 9.15. The van der Waals surface area contributed by atoms with Gasteiger partial charge in [-0.05, 0) is 25.0 Å². The molecule has 1 aromatic rings. The third kappa shape index (κ3) is 2.64. The Labute approximate surface area is 116 Å². The lowest BCUT2D eigenvalue weighted by molar-refractivity contribution is 0.494. The van der Waals surface area contributed by atoms with Gasteiger partial charge in [-0.1, -0.05) is 13.8 Å². The van der Waals surface area contributed by atoms with Crippen LogP contribution in [0.25, 0.3) is 0 Å². The summed E-state index contributed by atoms with van der Waals surface area (Å²) < 4.78 is 12.2. The summed E-state index contributed by atoms with van der Waals surface area (Å²) in [7, 11) is -0.759. The molecular formula is C14H19N3OS. The number of hydrogen-bond donors (Lipinski definition) is 0. The van der Waals surface area contributed by atoms with E-state index in [0.29, 0.717) is 11.3 Å². The van der Waals surface area contributed by atoms with Gasteiger partial charge in [0.1, 0.15) is 11.9 Å². The molecular weight excluding hydrogens is 258 g/mol. The van der Waals surface area contributed by atoms with Crippen molar-refractivity contribution in [1.29, 1.82) is 5.26 Å². The van der Waals surface area contributed by atoms with E-state index in [1.165, 1.54) is 0 Å². The lowest BCUT2D eigenvalue weighted by Gasteiger charge is -2.41. The second-order valence-corrected chi connectivity index (χ2v) is 6.84. The minimum Gasteiger partial charge on any atom is -0.354 e. The Hall–Kier alpha value is -1.41. The zero-order chi connectivity index (χ0) is 13.9. The second-order valence-electron chi connectivity index (χ2n) is 4.88. The fraction of sp³-hybridized carbons (Fsp3) is 0.571. The number of rotatable bonds is 3. The Balaban J connectivity index is 2.22. The predicted octanol–water partition coefficient (Wildman–Crippen LogP) is 2.08. The zero-order valence-corrected chi connectivity index (χ0v) is 12.2. The fourth-order valence-corrected chi connectivity index (χ4v) is 4.30. The molecule has 1 aliphatic heterocycles. The molecule has 0 saturated carbocycles. The van der Waals surface area contributed by atoms with Crippen molar-refractivity contribution in [3.05, 3.63) is 23.9 Å². The smallest absolute Gasteiger partial charge is 0.128 e. The molecule has 1 aliphatic rings. The SMILES string of the molecule is CCC1(CC)CN(c2ccc(C#N)cn2)CCS1=O. The van der Waals surface area contributed by atoms with Gasteiger partial charge in [-0.25, -0.2) is 4.98 Å². The van der Waals surface area contributed by atoms with Crippen LogP contribution in [0.5, 0.6) is 0 Å². The summed E-state index contributed by atoms with van der Waals surface area (Å²) in [6.45, 7) is 5.77. The van der Waals surface area contributed by atoms with Gasteiger partial charge < -0.3 is 4.90 Å². The molecule has 1 unspecified atom stereocenters. The molecule has 5 heteroatoms. The molecule has 0 spiro atoms. The van der Waals surface area contributed by atoms with E-state index in [1.807, 2.05) is 6.07 Å². The molecule has 4 nitrogen and oxygen atoms in total. The third-order valence-corrected chi connectivity index (χ3v) is 6.22. The van der Waals surface area contributed by atoms with E-state index in [-0.39, 0.29) is 4.75 Å². The second kappa shape index (κ2) is 5.70. The van der Waals surface area contributed by atoms with Crippen LogP contribution in [-0.4, -0.2) is 32.8 Å². The van der Waals surface area contributed by atoms with Gasteiger partial charge >= 0.3 is 0 Å². The number of hydrogen-bond acceptors (Lipinski definition) is 4.